The van der Waals surface area contributed by atoms with Crippen molar-refractivity contribution in [3.05, 3.63) is 70.5 Å². The molecule has 0 aliphatic heterocycles. The lowest BCUT2D eigenvalue weighted by atomic mass is 10.1. The van der Waals surface area contributed by atoms with E-state index in [9.17, 15) is 0 Å². The number of benzene rings is 2. The van der Waals surface area contributed by atoms with Gasteiger partial charge in [0, 0.05) is 39.2 Å². The summed E-state index contributed by atoms with van der Waals surface area (Å²) in [7, 11) is 0. The number of nitrogens with one attached hydrogen (secondary N) is 2. The zero-order valence-corrected chi connectivity index (χ0v) is 12.4. The molecule has 4 aromatic rings. The molecule has 2 nitrogen and oxygen atoms in total. The molecule has 0 spiro atoms. The lowest BCUT2D eigenvalue weighted by Crippen LogP contribution is -1.86. The maximum atomic E-state index is 3.64. The van der Waals surface area contributed by atoms with E-state index in [1.165, 1.54) is 33.1 Å². The lowest BCUT2D eigenvalue weighted by Gasteiger charge is -1.99. The Hall–Kier alpha value is -2.00. The van der Waals surface area contributed by atoms with Gasteiger partial charge in [0.2, 0.25) is 0 Å². The fourth-order valence-corrected chi connectivity index (χ4v) is 3.40. The van der Waals surface area contributed by atoms with Crippen LogP contribution in [0.2, 0.25) is 0 Å². The van der Waals surface area contributed by atoms with Crippen molar-refractivity contribution in [1.82, 2.24) is 9.97 Å². The first-order valence-corrected chi connectivity index (χ1v) is 7.42. The first kappa shape index (κ1) is 11.8. The van der Waals surface area contributed by atoms with Crippen molar-refractivity contribution in [3.63, 3.8) is 0 Å². The van der Waals surface area contributed by atoms with Gasteiger partial charge in [0.05, 0.1) is 0 Å². The van der Waals surface area contributed by atoms with Crippen LogP contribution in [0, 0.1) is 0 Å². The van der Waals surface area contributed by atoms with Gasteiger partial charge in [-0.15, -0.1) is 0 Å². The number of rotatable bonds is 2. The Kier molecular flexibility index (Phi) is 2.67. The van der Waals surface area contributed by atoms with Gasteiger partial charge in [-0.05, 0) is 35.2 Å². The molecule has 0 aliphatic carbocycles. The highest BCUT2D eigenvalue weighted by Crippen LogP contribution is 2.29. The molecule has 2 heterocycles. The Labute approximate surface area is 125 Å². The van der Waals surface area contributed by atoms with Gasteiger partial charge in [0.1, 0.15) is 0 Å². The van der Waals surface area contributed by atoms with Crippen molar-refractivity contribution in [1.29, 1.82) is 0 Å². The molecule has 0 amide bonds. The first-order chi connectivity index (χ1) is 9.81. The number of halogens is 1. The van der Waals surface area contributed by atoms with E-state index in [1.54, 1.807) is 0 Å². The van der Waals surface area contributed by atoms with Gasteiger partial charge in [-0.2, -0.15) is 0 Å². The Bertz CT molecular complexity index is 869. The first-order valence-electron chi connectivity index (χ1n) is 6.62. The van der Waals surface area contributed by atoms with E-state index in [0.717, 1.165) is 10.9 Å². The highest BCUT2D eigenvalue weighted by atomic mass is 79.9. The van der Waals surface area contributed by atoms with E-state index < -0.39 is 0 Å². The third-order valence-electron chi connectivity index (χ3n) is 3.70. The number of aromatic amines is 2. The van der Waals surface area contributed by atoms with Crippen LogP contribution in [0.4, 0.5) is 0 Å². The van der Waals surface area contributed by atoms with E-state index >= 15 is 0 Å². The lowest BCUT2D eigenvalue weighted by molar-refractivity contribution is 1.13. The summed E-state index contributed by atoms with van der Waals surface area (Å²) in [5.41, 5.74) is 4.91. The van der Waals surface area contributed by atoms with E-state index in [-0.39, 0.29) is 0 Å². The van der Waals surface area contributed by atoms with Crippen LogP contribution in [0.1, 0.15) is 11.3 Å². The average Bonchev–Trinajstić information content (AvgIpc) is 3.03. The van der Waals surface area contributed by atoms with E-state index in [4.69, 9.17) is 0 Å². The van der Waals surface area contributed by atoms with Crippen LogP contribution in [-0.2, 0) is 6.42 Å². The fraction of sp³-hybridized carbons (Fsp3) is 0.0588. The van der Waals surface area contributed by atoms with Gasteiger partial charge in [-0.1, -0.05) is 40.2 Å². The van der Waals surface area contributed by atoms with E-state index in [1.807, 2.05) is 0 Å². The van der Waals surface area contributed by atoms with Gasteiger partial charge in [-0.3, -0.25) is 0 Å². The summed E-state index contributed by atoms with van der Waals surface area (Å²) < 4.78 is 1.14. The molecule has 98 valence electrons. The minimum atomic E-state index is 0.900. The van der Waals surface area contributed by atoms with Crippen molar-refractivity contribution in [2.24, 2.45) is 0 Å². The molecule has 4 rings (SSSR count). The quantitative estimate of drug-likeness (QED) is 0.520. The van der Waals surface area contributed by atoms with Gasteiger partial charge in [-0.25, -0.2) is 0 Å². The molecule has 0 saturated heterocycles. The molecular formula is C17H13BrN2. The SMILES string of the molecule is Brc1cccc2[nH]cc(Cc3cc4ccccc4[nH]3)c12. The third-order valence-corrected chi connectivity index (χ3v) is 4.36. The molecular weight excluding hydrogens is 312 g/mol. The predicted molar refractivity (Wildman–Crippen MR) is 87.1 cm³/mol. The summed E-state index contributed by atoms with van der Waals surface area (Å²) >= 11 is 3.64. The molecule has 0 bridgehead atoms. The largest absolute Gasteiger partial charge is 0.361 e. The van der Waals surface area contributed by atoms with Crippen LogP contribution in [-0.4, -0.2) is 9.97 Å². The maximum Gasteiger partial charge on any atom is 0.0468 e. The molecule has 0 atom stereocenters. The fourth-order valence-electron chi connectivity index (χ4n) is 2.78. The highest BCUT2D eigenvalue weighted by molar-refractivity contribution is 9.10. The normalized spacial score (nSPS) is 11.4. The van der Waals surface area contributed by atoms with Gasteiger partial charge in [0.25, 0.3) is 0 Å². The molecule has 0 fully saturated rings. The molecule has 2 N–H and O–H groups in total. The van der Waals surface area contributed by atoms with Crippen molar-refractivity contribution in [3.8, 4) is 0 Å². The molecule has 20 heavy (non-hydrogen) atoms. The number of H-pyrrole nitrogens is 2. The van der Waals surface area contributed by atoms with Crippen molar-refractivity contribution < 1.29 is 0 Å². The minimum absolute atomic E-state index is 0.900. The Morgan fingerprint density at radius 3 is 2.70 bits per heavy atom. The molecule has 2 aromatic heterocycles. The summed E-state index contributed by atoms with van der Waals surface area (Å²) in [5.74, 6) is 0. The highest BCUT2D eigenvalue weighted by Gasteiger charge is 2.09. The van der Waals surface area contributed by atoms with Crippen LogP contribution < -0.4 is 0 Å². The van der Waals surface area contributed by atoms with E-state index in [0.29, 0.717) is 0 Å². The van der Waals surface area contributed by atoms with Gasteiger partial charge < -0.3 is 9.97 Å². The molecule has 0 radical (unpaired) electrons. The number of para-hydroxylation sites is 1. The molecule has 2 aromatic carbocycles. The van der Waals surface area contributed by atoms with Gasteiger partial charge in [0.15, 0.2) is 0 Å². The second-order valence-electron chi connectivity index (χ2n) is 5.03. The summed E-state index contributed by atoms with van der Waals surface area (Å²) in [6, 6.07) is 16.9. The monoisotopic (exact) mass is 324 g/mol. The zero-order valence-electron chi connectivity index (χ0n) is 10.8. The van der Waals surface area contributed by atoms with Gasteiger partial charge >= 0.3 is 0 Å². The summed E-state index contributed by atoms with van der Waals surface area (Å²) in [5, 5.41) is 2.53. The van der Waals surface area contributed by atoms with Crippen LogP contribution in [0.25, 0.3) is 21.8 Å². The summed E-state index contributed by atoms with van der Waals surface area (Å²) in [6.45, 7) is 0. The second-order valence-corrected chi connectivity index (χ2v) is 5.89. The zero-order chi connectivity index (χ0) is 13.5. The molecule has 0 saturated carbocycles. The average molecular weight is 325 g/mol. The summed E-state index contributed by atoms with van der Waals surface area (Å²) in [4.78, 5) is 6.83. The number of fused-ring (bicyclic) bond motifs is 2. The van der Waals surface area contributed by atoms with Crippen LogP contribution in [0.3, 0.4) is 0 Å². The second kappa shape index (κ2) is 4.53. The standard InChI is InChI=1S/C17H13BrN2/c18-14-5-3-7-16-17(14)12(10-19-16)9-13-8-11-4-1-2-6-15(11)20-13/h1-8,10,19-20H,9H2. The Morgan fingerprint density at radius 2 is 1.80 bits per heavy atom. The van der Waals surface area contributed by atoms with Crippen LogP contribution >= 0.6 is 15.9 Å². The van der Waals surface area contributed by atoms with E-state index in [2.05, 4.69) is 80.6 Å². The molecule has 0 aliphatic rings. The topological polar surface area (TPSA) is 31.6 Å². The molecule has 0 unspecified atom stereocenters. The molecule has 3 heteroatoms. The Balaban J connectivity index is 1.80. The predicted octanol–water partition coefficient (Wildman–Crippen LogP) is 5.00. The summed E-state index contributed by atoms with van der Waals surface area (Å²) in [6.07, 6.45) is 3.00. The number of hydrogen-bond donors (Lipinski definition) is 2. The smallest absolute Gasteiger partial charge is 0.0468 e. The number of hydrogen-bond acceptors (Lipinski definition) is 0. The third kappa shape index (κ3) is 1.86. The van der Waals surface area contributed by atoms with Crippen molar-refractivity contribution >= 4 is 37.7 Å². The Morgan fingerprint density at radius 1 is 0.950 bits per heavy atom. The van der Waals surface area contributed by atoms with Crippen molar-refractivity contribution in [2.75, 3.05) is 0 Å². The van der Waals surface area contributed by atoms with Crippen LogP contribution in [0.5, 0.6) is 0 Å². The number of aromatic nitrogens is 2. The van der Waals surface area contributed by atoms with Crippen LogP contribution in [0.15, 0.2) is 59.2 Å². The van der Waals surface area contributed by atoms with Crippen molar-refractivity contribution in [2.45, 2.75) is 6.42 Å². The maximum absolute atomic E-state index is 3.64. The minimum Gasteiger partial charge on any atom is -0.361 e.